The minimum absolute atomic E-state index is 0.172. The van der Waals surface area contributed by atoms with Crippen LogP contribution in [0.2, 0.25) is 0 Å². The zero-order valence-electron chi connectivity index (χ0n) is 10.7. The molecule has 2 aromatic rings. The van der Waals surface area contributed by atoms with Gasteiger partial charge in [0.05, 0.1) is 22.7 Å². The number of imidazole rings is 1. The predicted octanol–water partition coefficient (Wildman–Crippen LogP) is 1.81. The topological polar surface area (TPSA) is 75.3 Å². The Bertz CT molecular complexity index is 641. The third-order valence-electron chi connectivity index (χ3n) is 3.84. The van der Waals surface area contributed by atoms with Crippen LogP contribution >= 0.6 is 0 Å². The lowest BCUT2D eigenvalue weighted by atomic mass is 9.82. The summed E-state index contributed by atoms with van der Waals surface area (Å²) in [4.78, 5) is 15.5. The monoisotopic (exact) mass is 260 g/mol. The molecular weight excluding hydrogens is 244 g/mol. The molecule has 0 radical (unpaired) electrons. The fourth-order valence-electron chi connectivity index (χ4n) is 2.71. The fraction of sp³-hybridized carbons (Fsp3) is 0.429. The first-order valence-corrected chi connectivity index (χ1v) is 6.43. The number of nitrogens with zero attached hydrogens (tertiary/aromatic N) is 2. The summed E-state index contributed by atoms with van der Waals surface area (Å²) in [6, 6.07) is 5.00. The molecule has 0 amide bonds. The summed E-state index contributed by atoms with van der Waals surface area (Å²) in [5.41, 5.74) is 1.96. The maximum atomic E-state index is 11.0. The molecule has 100 valence electrons. The van der Waals surface area contributed by atoms with Gasteiger partial charge in [-0.1, -0.05) is 0 Å². The molecular formula is C14H16N2O3. The van der Waals surface area contributed by atoms with E-state index in [0.717, 1.165) is 36.2 Å². The molecule has 3 rings (SSSR count). The lowest BCUT2D eigenvalue weighted by molar-refractivity contribution is 0.0355. The smallest absolute Gasteiger partial charge is 0.335 e. The van der Waals surface area contributed by atoms with Gasteiger partial charge in [0, 0.05) is 6.54 Å². The predicted molar refractivity (Wildman–Crippen MR) is 70.2 cm³/mol. The van der Waals surface area contributed by atoms with Crippen LogP contribution in [0.1, 0.15) is 29.0 Å². The number of carboxylic acids is 1. The average Bonchev–Trinajstić information content (AvgIpc) is 2.63. The van der Waals surface area contributed by atoms with Crippen molar-refractivity contribution < 1.29 is 15.0 Å². The van der Waals surface area contributed by atoms with Gasteiger partial charge in [-0.15, -0.1) is 0 Å². The molecule has 5 nitrogen and oxygen atoms in total. The van der Waals surface area contributed by atoms with Crippen LogP contribution in [0, 0.1) is 12.8 Å². The highest BCUT2D eigenvalue weighted by atomic mass is 16.4. The number of carboxylic acid groups (broad SMARTS) is 1. The lowest BCUT2D eigenvalue weighted by Gasteiger charge is -2.32. The molecule has 19 heavy (non-hydrogen) atoms. The second-order valence-corrected chi connectivity index (χ2v) is 5.27. The number of fused-ring (bicyclic) bond motifs is 1. The molecule has 0 atom stereocenters. The summed E-state index contributed by atoms with van der Waals surface area (Å²) in [6.45, 7) is 2.72. The lowest BCUT2D eigenvalue weighted by Crippen LogP contribution is -2.31. The Labute approximate surface area is 110 Å². The Hall–Kier alpha value is -1.88. The number of hydrogen-bond donors (Lipinski definition) is 2. The number of hydrogen-bond acceptors (Lipinski definition) is 3. The number of aliphatic hydroxyl groups is 1. The van der Waals surface area contributed by atoms with Crippen LogP contribution in [0.5, 0.6) is 0 Å². The molecule has 1 aromatic carbocycles. The van der Waals surface area contributed by atoms with E-state index in [4.69, 9.17) is 5.11 Å². The summed E-state index contributed by atoms with van der Waals surface area (Å²) < 4.78 is 2.05. The van der Waals surface area contributed by atoms with Crippen molar-refractivity contribution in [3.8, 4) is 0 Å². The zero-order valence-corrected chi connectivity index (χ0v) is 10.7. The Kier molecular flexibility index (Phi) is 2.78. The Morgan fingerprint density at radius 3 is 2.84 bits per heavy atom. The van der Waals surface area contributed by atoms with E-state index in [-0.39, 0.29) is 11.7 Å². The first kappa shape index (κ1) is 12.2. The molecule has 1 fully saturated rings. The van der Waals surface area contributed by atoms with Crippen LogP contribution in [-0.2, 0) is 6.54 Å². The number of benzene rings is 1. The van der Waals surface area contributed by atoms with Crippen LogP contribution in [-0.4, -0.2) is 31.8 Å². The molecule has 1 saturated carbocycles. The molecule has 2 N–H and O–H groups in total. The summed E-state index contributed by atoms with van der Waals surface area (Å²) in [5, 5.41) is 18.4. The fourth-order valence-corrected chi connectivity index (χ4v) is 2.71. The Morgan fingerprint density at radius 1 is 1.47 bits per heavy atom. The van der Waals surface area contributed by atoms with Crippen molar-refractivity contribution in [1.29, 1.82) is 0 Å². The Morgan fingerprint density at radius 2 is 2.21 bits per heavy atom. The number of aryl methyl sites for hydroxylation is 1. The van der Waals surface area contributed by atoms with Crippen LogP contribution in [0.15, 0.2) is 18.2 Å². The van der Waals surface area contributed by atoms with Crippen LogP contribution < -0.4 is 0 Å². The summed E-state index contributed by atoms with van der Waals surface area (Å²) >= 11 is 0. The summed E-state index contributed by atoms with van der Waals surface area (Å²) in [6.07, 6.45) is 1.46. The zero-order chi connectivity index (χ0) is 13.6. The van der Waals surface area contributed by atoms with Gasteiger partial charge >= 0.3 is 5.97 Å². The van der Waals surface area contributed by atoms with Gasteiger partial charge in [0.25, 0.3) is 0 Å². The van der Waals surface area contributed by atoms with Gasteiger partial charge in [-0.25, -0.2) is 9.78 Å². The second kappa shape index (κ2) is 4.35. The Balaban J connectivity index is 1.99. The van der Waals surface area contributed by atoms with Crippen molar-refractivity contribution in [3.05, 3.63) is 29.6 Å². The number of carbonyl (C=O) groups is 1. The maximum absolute atomic E-state index is 11.0. The van der Waals surface area contributed by atoms with E-state index in [0.29, 0.717) is 5.92 Å². The van der Waals surface area contributed by atoms with Gasteiger partial charge in [-0.2, -0.15) is 0 Å². The van der Waals surface area contributed by atoms with Crippen molar-refractivity contribution in [3.63, 3.8) is 0 Å². The number of aromatic carboxylic acids is 1. The van der Waals surface area contributed by atoms with E-state index in [1.54, 1.807) is 18.2 Å². The molecule has 0 saturated heterocycles. The number of aliphatic hydroxyl groups excluding tert-OH is 1. The summed E-state index contributed by atoms with van der Waals surface area (Å²) in [5.74, 6) is 0.421. The van der Waals surface area contributed by atoms with Crippen molar-refractivity contribution >= 4 is 17.0 Å². The first-order chi connectivity index (χ1) is 9.04. The third-order valence-corrected chi connectivity index (χ3v) is 3.84. The van der Waals surface area contributed by atoms with Crippen molar-refractivity contribution in [2.24, 2.45) is 5.92 Å². The van der Waals surface area contributed by atoms with Gasteiger partial charge in [0.2, 0.25) is 0 Å². The van der Waals surface area contributed by atoms with Crippen molar-refractivity contribution in [2.75, 3.05) is 0 Å². The molecule has 0 bridgehead atoms. The van der Waals surface area contributed by atoms with E-state index in [1.165, 1.54) is 0 Å². The van der Waals surface area contributed by atoms with Gasteiger partial charge < -0.3 is 14.8 Å². The normalized spacial score (nSPS) is 22.4. The van der Waals surface area contributed by atoms with Crippen molar-refractivity contribution in [1.82, 2.24) is 9.55 Å². The molecule has 1 aliphatic carbocycles. The second-order valence-electron chi connectivity index (χ2n) is 5.27. The molecule has 5 heteroatoms. The van der Waals surface area contributed by atoms with Gasteiger partial charge in [0.1, 0.15) is 5.82 Å². The SMILES string of the molecule is Cc1nc2ccc(C(=O)O)cc2n1CC1CC(O)C1. The van der Waals surface area contributed by atoms with Gasteiger partial charge in [-0.3, -0.25) is 0 Å². The van der Waals surface area contributed by atoms with E-state index in [2.05, 4.69) is 9.55 Å². The molecule has 1 aliphatic rings. The van der Waals surface area contributed by atoms with Crippen molar-refractivity contribution in [2.45, 2.75) is 32.4 Å². The minimum Gasteiger partial charge on any atom is -0.478 e. The highest BCUT2D eigenvalue weighted by molar-refractivity contribution is 5.92. The molecule has 0 aliphatic heterocycles. The quantitative estimate of drug-likeness (QED) is 0.882. The third kappa shape index (κ3) is 2.10. The maximum Gasteiger partial charge on any atom is 0.335 e. The van der Waals surface area contributed by atoms with Gasteiger partial charge in [0.15, 0.2) is 0 Å². The average molecular weight is 260 g/mol. The number of aromatic nitrogens is 2. The molecule has 0 spiro atoms. The molecule has 1 heterocycles. The standard InChI is InChI=1S/C14H16N2O3/c1-8-15-12-3-2-10(14(18)19)6-13(12)16(8)7-9-4-11(17)5-9/h2-3,6,9,11,17H,4-5,7H2,1H3,(H,18,19). The van der Waals surface area contributed by atoms with E-state index >= 15 is 0 Å². The van der Waals surface area contributed by atoms with E-state index in [9.17, 15) is 9.90 Å². The van der Waals surface area contributed by atoms with Crippen LogP contribution in [0.25, 0.3) is 11.0 Å². The van der Waals surface area contributed by atoms with Gasteiger partial charge in [-0.05, 0) is 43.9 Å². The van der Waals surface area contributed by atoms with Crippen LogP contribution in [0.3, 0.4) is 0 Å². The number of rotatable bonds is 3. The largest absolute Gasteiger partial charge is 0.478 e. The van der Waals surface area contributed by atoms with E-state index < -0.39 is 5.97 Å². The molecule has 0 unspecified atom stereocenters. The highest BCUT2D eigenvalue weighted by Crippen LogP contribution is 2.30. The summed E-state index contributed by atoms with van der Waals surface area (Å²) in [7, 11) is 0. The first-order valence-electron chi connectivity index (χ1n) is 6.43. The minimum atomic E-state index is -0.925. The van der Waals surface area contributed by atoms with E-state index in [1.807, 2.05) is 6.92 Å². The molecule has 1 aromatic heterocycles. The van der Waals surface area contributed by atoms with Crippen LogP contribution in [0.4, 0.5) is 0 Å². The highest BCUT2D eigenvalue weighted by Gasteiger charge is 2.28.